The highest BCUT2D eigenvalue weighted by atomic mass is 16.1. The molecule has 0 radical (unpaired) electrons. The first-order chi connectivity index (χ1) is 8.72. The smallest absolute Gasteiger partial charge is 0.227 e. The number of anilines is 1. The van der Waals surface area contributed by atoms with Crippen molar-refractivity contribution in [3.63, 3.8) is 0 Å². The second-order valence-corrected chi connectivity index (χ2v) is 4.39. The van der Waals surface area contributed by atoms with Gasteiger partial charge in [-0.1, -0.05) is 38.8 Å². The van der Waals surface area contributed by atoms with Gasteiger partial charge in [-0.25, -0.2) is 0 Å². The molecule has 0 saturated heterocycles. The average molecular weight is 244 g/mol. The lowest BCUT2D eigenvalue weighted by atomic mass is 9.98. The fourth-order valence-electron chi connectivity index (χ4n) is 1.90. The third kappa shape index (κ3) is 3.89. The summed E-state index contributed by atoms with van der Waals surface area (Å²) >= 11 is 0. The number of unbranched alkanes of at least 4 members (excludes halogenated alkanes) is 1. The van der Waals surface area contributed by atoms with Crippen LogP contribution in [0.25, 0.3) is 0 Å². The van der Waals surface area contributed by atoms with Gasteiger partial charge in [0.05, 0.1) is 11.3 Å². The van der Waals surface area contributed by atoms with E-state index in [2.05, 4.69) is 18.3 Å². The Morgan fingerprint density at radius 3 is 2.72 bits per heavy atom. The molecule has 0 aliphatic rings. The van der Waals surface area contributed by atoms with E-state index in [9.17, 15) is 4.79 Å². The Labute approximate surface area is 109 Å². The minimum Gasteiger partial charge on any atom is -0.325 e. The minimum atomic E-state index is 0.0219. The number of nitrogens with one attached hydrogen (secondary N) is 1. The summed E-state index contributed by atoms with van der Waals surface area (Å²) in [6.07, 6.45) is 3.90. The predicted molar refractivity (Wildman–Crippen MR) is 73.1 cm³/mol. The maximum Gasteiger partial charge on any atom is 0.227 e. The van der Waals surface area contributed by atoms with Crippen LogP contribution in [-0.4, -0.2) is 5.91 Å². The maximum atomic E-state index is 12.1. The number of para-hydroxylation sites is 1. The normalized spacial score (nSPS) is 11.6. The van der Waals surface area contributed by atoms with Gasteiger partial charge in [-0.3, -0.25) is 4.79 Å². The molecule has 1 aromatic carbocycles. The zero-order chi connectivity index (χ0) is 13.4. The Morgan fingerprint density at radius 2 is 2.11 bits per heavy atom. The van der Waals surface area contributed by atoms with Gasteiger partial charge in [-0.2, -0.15) is 5.26 Å². The number of benzene rings is 1. The summed E-state index contributed by atoms with van der Waals surface area (Å²) in [6, 6.07) is 9.18. The summed E-state index contributed by atoms with van der Waals surface area (Å²) < 4.78 is 0. The SMILES string of the molecule is CCCC[C@@H](CC)C(=O)Nc1ccccc1C#N. The van der Waals surface area contributed by atoms with E-state index in [0.29, 0.717) is 11.3 Å². The van der Waals surface area contributed by atoms with E-state index < -0.39 is 0 Å². The summed E-state index contributed by atoms with van der Waals surface area (Å²) in [5, 5.41) is 11.8. The minimum absolute atomic E-state index is 0.0219. The highest BCUT2D eigenvalue weighted by Gasteiger charge is 2.16. The van der Waals surface area contributed by atoms with E-state index in [1.54, 1.807) is 18.2 Å². The van der Waals surface area contributed by atoms with Crippen LogP contribution in [0.1, 0.15) is 45.1 Å². The third-order valence-electron chi connectivity index (χ3n) is 3.08. The number of hydrogen-bond donors (Lipinski definition) is 1. The lowest BCUT2D eigenvalue weighted by Gasteiger charge is -2.15. The molecule has 3 heteroatoms. The van der Waals surface area contributed by atoms with Crippen LogP contribution in [0.4, 0.5) is 5.69 Å². The molecule has 0 spiro atoms. The van der Waals surface area contributed by atoms with Crippen molar-refractivity contribution < 1.29 is 4.79 Å². The summed E-state index contributed by atoms with van der Waals surface area (Å²) in [5.41, 5.74) is 1.12. The van der Waals surface area contributed by atoms with Gasteiger partial charge in [-0.05, 0) is 25.0 Å². The maximum absolute atomic E-state index is 12.1. The van der Waals surface area contributed by atoms with E-state index in [1.165, 1.54) is 0 Å². The molecule has 1 amide bonds. The lowest BCUT2D eigenvalue weighted by molar-refractivity contribution is -0.120. The monoisotopic (exact) mass is 244 g/mol. The quantitative estimate of drug-likeness (QED) is 0.829. The first-order valence-corrected chi connectivity index (χ1v) is 6.52. The zero-order valence-corrected chi connectivity index (χ0v) is 11.1. The molecule has 0 aromatic heterocycles. The number of nitrogens with zero attached hydrogens (tertiary/aromatic N) is 1. The number of nitriles is 1. The van der Waals surface area contributed by atoms with Crippen LogP contribution >= 0.6 is 0 Å². The van der Waals surface area contributed by atoms with Gasteiger partial charge in [0.2, 0.25) is 5.91 Å². The van der Waals surface area contributed by atoms with Crippen molar-refractivity contribution in [2.45, 2.75) is 39.5 Å². The van der Waals surface area contributed by atoms with Crippen LogP contribution in [0.15, 0.2) is 24.3 Å². The average Bonchev–Trinajstić information content (AvgIpc) is 2.40. The Balaban J connectivity index is 2.71. The van der Waals surface area contributed by atoms with Crippen LogP contribution in [0, 0.1) is 17.2 Å². The lowest BCUT2D eigenvalue weighted by Crippen LogP contribution is -2.22. The summed E-state index contributed by atoms with van der Waals surface area (Å²) in [6.45, 7) is 4.14. The van der Waals surface area contributed by atoms with Crippen molar-refractivity contribution in [2.24, 2.45) is 5.92 Å². The van der Waals surface area contributed by atoms with Crippen molar-refractivity contribution in [1.82, 2.24) is 0 Å². The van der Waals surface area contributed by atoms with Crippen LogP contribution in [0.5, 0.6) is 0 Å². The predicted octanol–water partition coefficient (Wildman–Crippen LogP) is 3.71. The van der Waals surface area contributed by atoms with Crippen molar-refractivity contribution in [3.05, 3.63) is 29.8 Å². The number of hydrogen-bond acceptors (Lipinski definition) is 2. The molecule has 1 rings (SSSR count). The number of carbonyl (C=O) groups excluding carboxylic acids is 1. The Hall–Kier alpha value is -1.82. The molecule has 0 fully saturated rings. The molecular formula is C15H20N2O. The van der Waals surface area contributed by atoms with E-state index in [4.69, 9.17) is 5.26 Å². The van der Waals surface area contributed by atoms with Crippen molar-refractivity contribution in [3.8, 4) is 6.07 Å². The highest BCUT2D eigenvalue weighted by Crippen LogP contribution is 2.18. The number of rotatable bonds is 6. The molecule has 0 unspecified atom stereocenters. The number of carbonyl (C=O) groups is 1. The largest absolute Gasteiger partial charge is 0.325 e. The van der Waals surface area contributed by atoms with Gasteiger partial charge in [0, 0.05) is 5.92 Å². The Kier molecular flexibility index (Phi) is 5.93. The molecule has 0 aliphatic carbocycles. The van der Waals surface area contributed by atoms with E-state index in [-0.39, 0.29) is 11.8 Å². The van der Waals surface area contributed by atoms with Crippen molar-refractivity contribution >= 4 is 11.6 Å². The van der Waals surface area contributed by atoms with Crippen LogP contribution < -0.4 is 5.32 Å². The second kappa shape index (κ2) is 7.50. The molecule has 1 atom stereocenters. The fourth-order valence-corrected chi connectivity index (χ4v) is 1.90. The van der Waals surface area contributed by atoms with E-state index in [0.717, 1.165) is 25.7 Å². The first kappa shape index (κ1) is 14.2. The molecule has 0 heterocycles. The van der Waals surface area contributed by atoms with Crippen LogP contribution in [0.3, 0.4) is 0 Å². The van der Waals surface area contributed by atoms with Crippen LogP contribution in [0.2, 0.25) is 0 Å². The molecular weight excluding hydrogens is 224 g/mol. The zero-order valence-electron chi connectivity index (χ0n) is 11.1. The van der Waals surface area contributed by atoms with Gasteiger partial charge >= 0.3 is 0 Å². The summed E-state index contributed by atoms with van der Waals surface area (Å²) in [5.74, 6) is 0.0605. The molecule has 1 aromatic rings. The molecule has 18 heavy (non-hydrogen) atoms. The standard InChI is InChI=1S/C15H20N2O/c1-3-5-8-12(4-2)15(18)17-14-10-7-6-9-13(14)11-16/h6-7,9-10,12H,3-5,8H2,1-2H3,(H,17,18)/t12-/m1/s1. The van der Waals surface area contributed by atoms with E-state index in [1.807, 2.05) is 13.0 Å². The summed E-state index contributed by atoms with van der Waals surface area (Å²) in [7, 11) is 0. The molecule has 0 bridgehead atoms. The Morgan fingerprint density at radius 1 is 1.39 bits per heavy atom. The Bertz CT molecular complexity index is 434. The summed E-state index contributed by atoms with van der Waals surface area (Å²) in [4.78, 5) is 12.1. The topological polar surface area (TPSA) is 52.9 Å². The van der Waals surface area contributed by atoms with Crippen LogP contribution in [-0.2, 0) is 4.79 Å². The van der Waals surface area contributed by atoms with Gasteiger partial charge in [0.1, 0.15) is 6.07 Å². The fraction of sp³-hybridized carbons (Fsp3) is 0.467. The highest BCUT2D eigenvalue weighted by molar-refractivity contribution is 5.93. The van der Waals surface area contributed by atoms with Gasteiger partial charge < -0.3 is 5.32 Å². The number of amides is 1. The van der Waals surface area contributed by atoms with Gasteiger partial charge in [0.15, 0.2) is 0 Å². The second-order valence-electron chi connectivity index (χ2n) is 4.39. The van der Waals surface area contributed by atoms with Crippen molar-refractivity contribution in [2.75, 3.05) is 5.32 Å². The first-order valence-electron chi connectivity index (χ1n) is 6.52. The molecule has 0 saturated carbocycles. The molecule has 0 aliphatic heterocycles. The molecule has 1 N–H and O–H groups in total. The van der Waals surface area contributed by atoms with Gasteiger partial charge in [0.25, 0.3) is 0 Å². The molecule has 96 valence electrons. The third-order valence-corrected chi connectivity index (χ3v) is 3.08. The van der Waals surface area contributed by atoms with Crippen molar-refractivity contribution in [1.29, 1.82) is 5.26 Å². The van der Waals surface area contributed by atoms with Gasteiger partial charge in [-0.15, -0.1) is 0 Å². The van der Waals surface area contributed by atoms with E-state index >= 15 is 0 Å². The molecule has 3 nitrogen and oxygen atoms in total.